The maximum absolute atomic E-state index is 11.0. The van der Waals surface area contributed by atoms with Crippen LogP contribution in [0.15, 0.2) is 12.1 Å². The van der Waals surface area contributed by atoms with E-state index < -0.39 is 17.9 Å². The zero-order valence-electron chi connectivity index (χ0n) is 9.34. The second kappa shape index (κ2) is 5.31. The summed E-state index contributed by atoms with van der Waals surface area (Å²) in [6.07, 6.45) is 0.468. The Hall–Kier alpha value is -2.37. The first kappa shape index (κ1) is 13.7. The number of carbonyl (C=O) groups is 3. The smallest absolute Gasteiger partial charge is 0.336 e. The van der Waals surface area contributed by atoms with Crippen molar-refractivity contribution in [2.24, 2.45) is 0 Å². The van der Waals surface area contributed by atoms with Crippen molar-refractivity contribution < 1.29 is 29.7 Å². The van der Waals surface area contributed by atoms with Crippen LogP contribution in [0.4, 0.5) is 0 Å². The van der Waals surface area contributed by atoms with Crippen molar-refractivity contribution in [3.8, 4) is 0 Å². The molecule has 1 aromatic rings. The second-order valence-electron chi connectivity index (χ2n) is 3.57. The molecule has 0 heterocycles. The van der Waals surface area contributed by atoms with Gasteiger partial charge in [0.05, 0.1) is 16.7 Å². The standard InChI is InChI=1S/C12H11O6/c1-2-3-7-8(11(15)16)4-6(10(13)14)5-9(7)12(17)18/h4-5H,1-3H2,(H,13,14)(H,15,16)(H,17,18). The molecule has 0 aliphatic carbocycles. The molecule has 95 valence electrons. The van der Waals surface area contributed by atoms with E-state index in [9.17, 15) is 14.4 Å². The SMILES string of the molecule is [CH2]CCc1c(C(=O)O)cc(C(=O)O)cc1C(=O)O. The van der Waals surface area contributed by atoms with E-state index in [1.54, 1.807) is 0 Å². The van der Waals surface area contributed by atoms with Gasteiger partial charge in [-0.25, -0.2) is 14.4 Å². The fraction of sp³-hybridized carbons (Fsp3) is 0.167. The third-order valence-corrected chi connectivity index (χ3v) is 2.38. The Morgan fingerprint density at radius 1 is 0.944 bits per heavy atom. The zero-order chi connectivity index (χ0) is 13.9. The summed E-state index contributed by atoms with van der Waals surface area (Å²) in [4.78, 5) is 32.9. The summed E-state index contributed by atoms with van der Waals surface area (Å²) >= 11 is 0. The largest absolute Gasteiger partial charge is 0.478 e. The van der Waals surface area contributed by atoms with Crippen LogP contribution in [-0.4, -0.2) is 33.2 Å². The second-order valence-corrected chi connectivity index (χ2v) is 3.57. The summed E-state index contributed by atoms with van der Waals surface area (Å²) in [5.41, 5.74) is -0.889. The Balaban J connectivity index is 3.59. The van der Waals surface area contributed by atoms with Crippen molar-refractivity contribution in [2.45, 2.75) is 12.8 Å². The fourth-order valence-electron chi connectivity index (χ4n) is 1.62. The van der Waals surface area contributed by atoms with Gasteiger partial charge in [-0.1, -0.05) is 6.92 Å². The Kier molecular flexibility index (Phi) is 4.04. The molecular formula is C12H11O6. The Morgan fingerprint density at radius 3 is 1.67 bits per heavy atom. The predicted molar refractivity (Wildman–Crippen MR) is 61.0 cm³/mol. The molecule has 18 heavy (non-hydrogen) atoms. The van der Waals surface area contributed by atoms with Gasteiger partial charge in [-0.3, -0.25) is 0 Å². The summed E-state index contributed by atoms with van der Waals surface area (Å²) in [5.74, 6) is -4.09. The summed E-state index contributed by atoms with van der Waals surface area (Å²) in [6.45, 7) is 3.54. The minimum atomic E-state index is -1.37. The molecule has 0 aliphatic rings. The maximum atomic E-state index is 11.0. The van der Waals surface area contributed by atoms with Crippen molar-refractivity contribution in [1.29, 1.82) is 0 Å². The summed E-state index contributed by atoms with van der Waals surface area (Å²) < 4.78 is 0. The molecule has 0 bridgehead atoms. The van der Waals surface area contributed by atoms with Crippen molar-refractivity contribution >= 4 is 17.9 Å². The lowest BCUT2D eigenvalue weighted by molar-refractivity contribution is 0.0694. The van der Waals surface area contributed by atoms with Crippen molar-refractivity contribution in [1.82, 2.24) is 0 Å². The van der Waals surface area contributed by atoms with Gasteiger partial charge < -0.3 is 15.3 Å². The van der Waals surface area contributed by atoms with Gasteiger partial charge in [-0.15, -0.1) is 0 Å². The van der Waals surface area contributed by atoms with Gasteiger partial charge in [0.15, 0.2) is 0 Å². The number of rotatable bonds is 5. The molecule has 0 aliphatic heterocycles. The predicted octanol–water partition coefficient (Wildman–Crippen LogP) is 1.55. The molecule has 0 saturated heterocycles. The molecule has 0 atom stereocenters. The van der Waals surface area contributed by atoms with Crippen LogP contribution < -0.4 is 0 Å². The van der Waals surface area contributed by atoms with Crippen LogP contribution in [0.2, 0.25) is 0 Å². The van der Waals surface area contributed by atoms with Crippen LogP contribution in [0.25, 0.3) is 0 Å². The fourth-order valence-corrected chi connectivity index (χ4v) is 1.62. The van der Waals surface area contributed by atoms with Gasteiger partial charge in [-0.05, 0) is 30.5 Å². The number of hydrogen-bond acceptors (Lipinski definition) is 3. The number of carboxylic acids is 3. The number of benzene rings is 1. The third kappa shape index (κ3) is 2.65. The van der Waals surface area contributed by atoms with Crippen LogP contribution >= 0.6 is 0 Å². The third-order valence-electron chi connectivity index (χ3n) is 2.38. The molecule has 1 radical (unpaired) electrons. The van der Waals surface area contributed by atoms with Gasteiger partial charge in [0, 0.05) is 0 Å². The first-order chi connectivity index (χ1) is 8.38. The summed E-state index contributed by atoms with van der Waals surface area (Å²) in [7, 11) is 0. The zero-order valence-corrected chi connectivity index (χ0v) is 9.34. The van der Waals surface area contributed by atoms with Crippen LogP contribution in [0.5, 0.6) is 0 Å². The lowest BCUT2D eigenvalue weighted by atomic mass is 9.94. The van der Waals surface area contributed by atoms with Gasteiger partial charge in [-0.2, -0.15) is 0 Å². The average molecular weight is 251 g/mol. The first-order valence-electron chi connectivity index (χ1n) is 5.04. The van der Waals surface area contributed by atoms with Crippen molar-refractivity contribution in [3.63, 3.8) is 0 Å². The lowest BCUT2D eigenvalue weighted by Gasteiger charge is -2.10. The Labute approximate surface area is 102 Å². The molecule has 0 spiro atoms. The minimum absolute atomic E-state index is 0.0926. The topological polar surface area (TPSA) is 112 Å². The molecule has 0 unspecified atom stereocenters. The van der Waals surface area contributed by atoms with Crippen molar-refractivity contribution in [2.75, 3.05) is 0 Å². The van der Waals surface area contributed by atoms with Crippen LogP contribution in [0, 0.1) is 6.92 Å². The van der Waals surface area contributed by atoms with E-state index in [0.29, 0.717) is 6.42 Å². The molecule has 1 rings (SSSR count). The summed E-state index contributed by atoms with van der Waals surface area (Å²) in [6, 6.07) is 1.92. The first-order valence-corrected chi connectivity index (χ1v) is 5.04. The van der Waals surface area contributed by atoms with E-state index in [4.69, 9.17) is 15.3 Å². The van der Waals surface area contributed by atoms with Gasteiger partial charge >= 0.3 is 17.9 Å². The van der Waals surface area contributed by atoms with Crippen LogP contribution in [0.3, 0.4) is 0 Å². The molecule has 0 aromatic heterocycles. The number of aromatic carboxylic acids is 3. The van der Waals surface area contributed by atoms with E-state index >= 15 is 0 Å². The van der Waals surface area contributed by atoms with Gasteiger partial charge in [0.1, 0.15) is 0 Å². The highest BCUT2D eigenvalue weighted by Gasteiger charge is 2.21. The minimum Gasteiger partial charge on any atom is -0.478 e. The quantitative estimate of drug-likeness (QED) is 0.731. The lowest BCUT2D eigenvalue weighted by Crippen LogP contribution is -2.13. The molecule has 1 aromatic carbocycles. The average Bonchev–Trinajstić information content (AvgIpc) is 2.28. The molecule has 6 nitrogen and oxygen atoms in total. The highest BCUT2D eigenvalue weighted by atomic mass is 16.4. The molecule has 0 saturated carbocycles. The molecule has 6 heteroatoms. The highest BCUT2D eigenvalue weighted by Crippen LogP contribution is 2.20. The monoisotopic (exact) mass is 251 g/mol. The Morgan fingerprint density at radius 2 is 1.39 bits per heavy atom. The van der Waals surface area contributed by atoms with E-state index in [1.165, 1.54) is 0 Å². The molecule has 3 N–H and O–H groups in total. The number of carboxylic acid groups (broad SMARTS) is 3. The molecular weight excluding hydrogens is 240 g/mol. The molecule has 0 amide bonds. The Bertz CT molecular complexity index is 482. The van der Waals surface area contributed by atoms with Crippen LogP contribution in [0.1, 0.15) is 43.1 Å². The van der Waals surface area contributed by atoms with E-state index in [-0.39, 0.29) is 28.7 Å². The van der Waals surface area contributed by atoms with E-state index in [1.807, 2.05) is 0 Å². The van der Waals surface area contributed by atoms with E-state index in [2.05, 4.69) is 6.92 Å². The summed E-state index contributed by atoms with van der Waals surface area (Å²) in [5, 5.41) is 26.8. The van der Waals surface area contributed by atoms with Gasteiger partial charge in [0.25, 0.3) is 0 Å². The van der Waals surface area contributed by atoms with E-state index in [0.717, 1.165) is 12.1 Å². The number of hydrogen-bond donors (Lipinski definition) is 3. The molecule has 0 fully saturated rings. The normalized spacial score (nSPS) is 10.1. The van der Waals surface area contributed by atoms with Crippen molar-refractivity contribution in [3.05, 3.63) is 41.3 Å². The maximum Gasteiger partial charge on any atom is 0.336 e. The van der Waals surface area contributed by atoms with Crippen LogP contribution in [-0.2, 0) is 6.42 Å². The highest BCUT2D eigenvalue weighted by molar-refractivity contribution is 6.01. The van der Waals surface area contributed by atoms with Gasteiger partial charge in [0.2, 0.25) is 0 Å².